The number of nitrogens with zero attached hydrogens (tertiary/aromatic N) is 4. The fourth-order valence-corrected chi connectivity index (χ4v) is 4.31. The lowest BCUT2D eigenvalue weighted by molar-refractivity contribution is -0.116. The van der Waals surface area contributed by atoms with E-state index in [0.717, 1.165) is 11.3 Å². The topological polar surface area (TPSA) is 135 Å². The fourth-order valence-electron chi connectivity index (χ4n) is 2.55. The number of carbonyl (C=O) groups excluding carboxylic acids is 2. The summed E-state index contributed by atoms with van der Waals surface area (Å²) < 4.78 is 16.1. The third kappa shape index (κ3) is 4.87. The highest BCUT2D eigenvalue weighted by Crippen LogP contribution is 2.27. The Labute approximate surface area is 178 Å². The molecule has 30 heavy (non-hydrogen) atoms. The third-order valence-electron chi connectivity index (χ3n) is 3.92. The van der Waals surface area contributed by atoms with Crippen molar-refractivity contribution in [3.05, 3.63) is 32.1 Å². The quantitative estimate of drug-likeness (QED) is 0.374. The maximum Gasteiger partial charge on any atom is 0.348 e. The Bertz CT molecular complexity index is 1120. The molecule has 0 unspecified atom stereocenters. The van der Waals surface area contributed by atoms with Gasteiger partial charge in [0.2, 0.25) is 11.0 Å². The highest BCUT2D eigenvalue weighted by molar-refractivity contribution is 7.20. The molecule has 160 valence electrons. The number of nitrogens with one attached hydrogen (secondary N) is 1. The number of fused-ring (bicyclic) bond motifs is 1. The van der Waals surface area contributed by atoms with Gasteiger partial charge in [-0.1, -0.05) is 11.3 Å². The number of aromatic nitrogens is 4. The third-order valence-corrected chi connectivity index (χ3v) is 5.91. The molecule has 0 fully saturated rings. The van der Waals surface area contributed by atoms with Gasteiger partial charge < -0.3 is 14.2 Å². The Hall–Kier alpha value is -2.74. The van der Waals surface area contributed by atoms with Crippen LogP contribution in [-0.2, 0) is 32.2 Å². The number of ether oxygens (including phenoxy) is 3. The van der Waals surface area contributed by atoms with Crippen LogP contribution in [0.15, 0.2) is 11.1 Å². The Morgan fingerprint density at radius 3 is 2.70 bits per heavy atom. The fraction of sp³-hybridized carbons (Fsp3) is 0.412. The lowest BCUT2D eigenvalue weighted by atomic mass is 10.2. The molecular formula is C17H19N5O6S2. The molecule has 11 nitrogen and oxygen atoms in total. The van der Waals surface area contributed by atoms with Gasteiger partial charge in [-0.3, -0.25) is 19.5 Å². The summed E-state index contributed by atoms with van der Waals surface area (Å²) in [6.07, 6.45) is 1.27. The van der Waals surface area contributed by atoms with Gasteiger partial charge in [0.05, 0.1) is 18.3 Å². The first-order valence-corrected chi connectivity index (χ1v) is 10.3. The van der Waals surface area contributed by atoms with Crippen LogP contribution < -0.4 is 10.9 Å². The number of anilines is 1. The molecule has 3 aromatic rings. The normalized spacial score (nSPS) is 11.0. The van der Waals surface area contributed by atoms with Crippen molar-refractivity contribution >= 4 is 49.9 Å². The number of thiophene rings is 1. The van der Waals surface area contributed by atoms with Gasteiger partial charge >= 0.3 is 5.97 Å². The number of aryl methyl sites for hydroxylation is 1. The van der Waals surface area contributed by atoms with Crippen LogP contribution in [0.1, 0.15) is 20.2 Å². The number of hydrogen-bond acceptors (Lipinski definition) is 11. The number of carbonyl (C=O) groups is 2. The largest absolute Gasteiger partial charge is 0.459 e. The summed E-state index contributed by atoms with van der Waals surface area (Å²) in [5, 5.41) is 11.5. The summed E-state index contributed by atoms with van der Waals surface area (Å²) in [5.41, 5.74) is 0.0511. The minimum absolute atomic E-state index is 0.110. The zero-order valence-corrected chi connectivity index (χ0v) is 18.1. The van der Waals surface area contributed by atoms with E-state index in [9.17, 15) is 14.4 Å². The van der Waals surface area contributed by atoms with E-state index in [-0.39, 0.29) is 25.1 Å². The maximum absolute atomic E-state index is 12.9. The molecule has 0 aliphatic rings. The first kappa shape index (κ1) is 22.0. The van der Waals surface area contributed by atoms with Crippen LogP contribution in [0.3, 0.4) is 0 Å². The zero-order valence-electron chi connectivity index (χ0n) is 16.5. The van der Waals surface area contributed by atoms with Crippen molar-refractivity contribution in [1.29, 1.82) is 0 Å². The highest BCUT2D eigenvalue weighted by atomic mass is 32.1. The van der Waals surface area contributed by atoms with Gasteiger partial charge in [-0.25, -0.2) is 9.78 Å². The minimum atomic E-state index is -0.542. The highest BCUT2D eigenvalue weighted by Gasteiger charge is 2.21. The van der Waals surface area contributed by atoms with Crippen molar-refractivity contribution in [3.63, 3.8) is 0 Å². The molecule has 3 rings (SSSR count). The SMILES string of the molecule is COCCOC(=O)c1sc2ncn(CC(=O)Nc3nnc(COC)s3)c(=O)c2c1C. The van der Waals surface area contributed by atoms with Crippen LogP contribution in [-0.4, -0.2) is 59.1 Å². The van der Waals surface area contributed by atoms with Crippen LogP contribution >= 0.6 is 22.7 Å². The number of esters is 1. The molecule has 0 spiro atoms. The van der Waals surface area contributed by atoms with E-state index in [1.807, 2.05) is 0 Å². The van der Waals surface area contributed by atoms with Crippen LogP contribution in [0.4, 0.5) is 5.13 Å². The van der Waals surface area contributed by atoms with E-state index in [1.54, 1.807) is 6.92 Å². The number of amides is 1. The molecule has 0 atom stereocenters. The second-order valence-electron chi connectivity index (χ2n) is 6.02. The van der Waals surface area contributed by atoms with Gasteiger partial charge in [-0.2, -0.15) is 0 Å². The van der Waals surface area contributed by atoms with E-state index in [1.165, 1.54) is 36.5 Å². The number of hydrogen-bond donors (Lipinski definition) is 1. The average molecular weight is 454 g/mol. The lowest BCUT2D eigenvalue weighted by Crippen LogP contribution is -2.27. The van der Waals surface area contributed by atoms with Gasteiger partial charge in [0, 0.05) is 14.2 Å². The van der Waals surface area contributed by atoms with E-state index >= 15 is 0 Å². The van der Waals surface area contributed by atoms with Gasteiger partial charge in [-0.05, 0) is 12.5 Å². The maximum atomic E-state index is 12.9. The predicted molar refractivity (Wildman–Crippen MR) is 110 cm³/mol. The molecule has 0 saturated carbocycles. The average Bonchev–Trinajstić information content (AvgIpc) is 3.29. The van der Waals surface area contributed by atoms with Crippen LogP contribution in [0, 0.1) is 6.92 Å². The van der Waals surface area contributed by atoms with Gasteiger partial charge in [0.15, 0.2) is 0 Å². The van der Waals surface area contributed by atoms with Crippen molar-refractivity contribution < 1.29 is 23.8 Å². The molecule has 3 heterocycles. The minimum Gasteiger partial charge on any atom is -0.459 e. The summed E-state index contributed by atoms with van der Waals surface area (Å²) in [6.45, 7) is 2.07. The van der Waals surface area contributed by atoms with Crippen molar-refractivity contribution in [1.82, 2.24) is 19.7 Å². The standard InChI is InChI=1S/C17H19N5O6S2/c1-9-12-14(30-13(9)16(25)28-5-4-26-2)18-8-22(15(12)24)6-10(23)19-17-21-20-11(29-17)7-27-3/h8H,4-7H2,1-3H3,(H,19,21,23). The van der Waals surface area contributed by atoms with Crippen molar-refractivity contribution in [2.45, 2.75) is 20.1 Å². The lowest BCUT2D eigenvalue weighted by Gasteiger charge is -2.05. The van der Waals surface area contributed by atoms with Crippen molar-refractivity contribution in [2.24, 2.45) is 0 Å². The molecule has 0 radical (unpaired) electrons. The van der Waals surface area contributed by atoms with Gasteiger partial charge in [0.25, 0.3) is 5.56 Å². The Morgan fingerprint density at radius 2 is 1.97 bits per heavy atom. The van der Waals surface area contributed by atoms with Gasteiger partial charge in [0.1, 0.15) is 34.5 Å². The first-order valence-electron chi connectivity index (χ1n) is 8.70. The Balaban J connectivity index is 1.77. The summed E-state index contributed by atoms with van der Waals surface area (Å²) in [5.74, 6) is -0.996. The molecule has 3 aromatic heterocycles. The second kappa shape index (κ2) is 9.84. The van der Waals surface area contributed by atoms with Crippen LogP contribution in [0.5, 0.6) is 0 Å². The smallest absolute Gasteiger partial charge is 0.348 e. The van der Waals surface area contributed by atoms with Crippen LogP contribution in [0.2, 0.25) is 0 Å². The Morgan fingerprint density at radius 1 is 1.17 bits per heavy atom. The van der Waals surface area contributed by atoms with Crippen molar-refractivity contribution in [3.8, 4) is 0 Å². The molecule has 1 N–H and O–H groups in total. The van der Waals surface area contributed by atoms with Crippen molar-refractivity contribution in [2.75, 3.05) is 32.8 Å². The molecule has 0 aromatic carbocycles. The van der Waals surface area contributed by atoms with Crippen LogP contribution in [0.25, 0.3) is 10.2 Å². The first-order chi connectivity index (χ1) is 14.4. The van der Waals surface area contributed by atoms with E-state index in [2.05, 4.69) is 20.5 Å². The number of rotatable bonds is 9. The molecule has 0 saturated heterocycles. The van der Waals surface area contributed by atoms with E-state index in [4.69, 9.17) is 14.2 Å². The molecule has 1 amide bonds. The summed E-state index contributed by atoms with van der Waals surface area (Å²) in [4.78, 5) is 42.3. The van der Waals surface area contributed by atoms with E-state index < -0.39 is 17.4 Å². The molecular weight excluding hydrogens is 434 g/mol. The second-order valence-corrected chi connectivity index (χ2v) is 8.09. The molecule has 0 aliphatic carbocycles. The molecule has 0 bridgehead atoms. The Kier molecular flexibility index (Phi) is 7.20. The molecule has 0 aliphatic heterocycles. The number of methoxy groups -OCH3 is 2. The zero-order chi connectivity index (χ0) is 21.7. The van der Waals surface area contributed by atoms with Gasteiger partial charge in [-0.15, -0.1) is 21.5 Å². The summed E-state index contributed by atoms with van der Waals surface area (Å²) >= 11 is 2.25. The predicted octanol–water partition coefficient (Wildman–Crippen LogP) is 1.21. The van der Waals surface area contributed by atoms with E-state index in [0.29, 0.717) is 32.0 Å². The summed E-state index contributed by atoms with van der Waals surface area (Å²) in [6, 6.07) is 0. The monoisotopic (exact) mass is 453 g/mol. The summed E-state index contributed by atoms with van der Waals surface area (Å²) in [7, 11) is 3.04. The molecule has 13 heteroatoms.